The molecule has 0 aromatic heterocycles. The number of imide groups is 1. The molecule has 1 atom stereocenters. The Morgan fingerprint density at radius 3 is 2.50 bits per heavy atom. The summed E-state index contributed by atoms with van der Waals surface area (Å²) >= 11 is 0. The Kier molecular flexibility index (Phi) is 6.06. The first-order chi connectivity index (χ1) is 14.5. The van der Waals surface area contributed by atoms with Crippen LogP contribution in [-0.2, 0) is 25.6 Å². The number of anilines is 1. The fourth-order valence-corrected chi connectivity index (χ4v) is 4.75. The summed E-state index contributed by atoms with van der Waals surface area (Å²) in [5, 5.41) is 2.34. The third-order valence-electron chi connectivity index (χ3n) is 6.54. The van der Waals surface area contributed by atoms with Crippen LogP contribution in [0, 0.1) is 5.92 Å². The molecule has 0 radical (unpaired) electrons. The Morgan fingerprint density at radius 2 is 1.83 bits per heavy atom. The third-order valence-corrected chi connectivity index (χ3v) is 6.54. The van der Waals surface area contributed by atoms with E-state index in [0.29, 0.717) is 24.4 Å². The smallest absolute Gasteiger partial charge is 0.255 e. The van der Waals surface area contributed by atoms with Gasteiger partial charge in [0, 0.05) is 57.9 Å². The number of fused-ring (bicyclic) bond motifs is 1. The molecular weight excluding hydrogens is 386 g/mol. The second-order valence-electron chi connectivity index (χ2n) is 8.31. The van der Waals surface area contributed by atoms with Crippen molar-refractivity contribution in [2.45, 2.75) is 51.0 Å². The number of nitrogens with one attached hydrogen (secondary N) is 1. The quantitative estimate of drug-likeness (QED) is 0.562. The summed E-state index contributed by atoms with van der Waals surface area (Å²) < 4.78 is 10.7. The van der Waals surface area contributed by atoms with Gasteiger partial charge in [0.25, 0.3) is 5.91 Å². The normalized spacial score (nSPS) is 22.6. The third kappa shape index (κ3) is 4.06. The number of carbonyl (C=O) groups is 3. The standard InChI is InChI=1S/C22H29N3O5/c1-29-20(30-2)11-14-7-9-24(10-8-14)16-3-4-17-15(12-16)13-25(22(17)28)18-5-6-19(26)23-21(18)27/h3-4,12,14,18,20H,5-11,13H2,1-2H3,(H,23,26,27). The van der Waals surface area contributed by atoms with E-state index in [1.165, 1.54) is 0 Å². The molecule has 2 saturated heterocycles. The van der Waals surface area contributed by atoms with E-state index in [1.54, 1.807) is 19.1 Å². The maximum atomic E-state index is 12.8. The van der Waals surface area contributed by atoms with Crippen LogP contribution in [0.1, 0.15) is 48.0 Å². The van der Waals surface area contributed by atoms with E-state index in [-0.39, 0.29) is 30.4 Å². The first-order valence-electron chi connectivity index (χ1n) is 10.6. The SMILES string of the molecule is COC(CC1CCN(c2ccc3c(c2)CN(C2CCC(=O)NC2=O)C3=O)CC1)OC. The zero-order valence-electron chi connectivity index (χ0n) is 17.6. The molecule has 0 bridgehead atoms. The van der Waals surface area contributed by atoms with Gasteiger partial charge in [-0.3, -0.25) is 19.7 Å². The van der Waals surface area contributed by atoms with E-state index in [4.69, 9.17) is 9.47 Å². The topological polar surface area (TPSA) is 88.2 Å². The summed E-state index contributed by atoms with van der Waals surface area (Å²) in [5.74, 6) is -0.200. The van der Waals surface area contributed by atoms with Gasteiger partial charge in [-0.15, -0.1) is 0 Å². The summed E-state index contributed by atoms with van der Waals surface area (Å²) in [7, 11) is 3.35. The molecule has 3 aliphatic rings. The fraction of sp³-hybridized carbons (Fsp3) is 0.591. The van der Waals surface area contributed by atoms with Gasteiger partial charge in [-0.05, 0) is 48.9 Å². The lowest BCUT2D eigenvalue weighted by Gasteiger charge is -2.34. The molecule has 1 N–H and O–H groups in total. The Labute approximate surface area is 176 Å². The van der Waals surface area contributed by atoms with Crippen molar-refractivity contribution in [1.82, 2.24) is 10.2 Å². The van der Waals surface area contributed by atoms with Crippen LogP contribution in [0.5, 0.6) is 0 Å². The van der Waals surface area contributed by atoms with Crippen LogP contribution in [0.15, 0.2) is 18.2 Å². The minimum atomic E-state index is -0.573. The summed E-state index contributed by atoms with van der Waals surface area (Å²) in [6, 6.07) is 5.37. The lowest BCUT2D eigenvalue weighted by molar-refractivity contribution is -0.136. The first-order valence-corrected chi connectivity index (χ1v) is 10.6. The molecule has 2 fully saturated rings. The van der Waals surface area contributed by atoms with Gasteiger partial charge in [0.2, 0.25) is 11.8 Å². The number of hydrogen-bond donors (Lipinski definition) is 1. The van der Waals surface area contributed by atoms with Gasteiger partial charge >= 0.3 is 0 Å². The highest BCUT2D eigenvalue weighted by molar-refractivity contribution is 6.05. The average Bonchev–Trinajstić information content (AvgIpc) is 3.08. The molecule has 4 rings (SSSR count). The molecule has 3 heterocycles. The molecule has 162 valence electrons. The maximum absolute atomic E-state index is 12.8. The van der Waals surface area contributed by atoms with Crippen molar-refractivity contribution in [2.75, 3.05) is 32.2 Å². The molecule has 3 aliphatic heterocycles. The Balaban J connectivity index is 1.40. The molecule has 1 aromatic carbocycles. The van der Waals surface area contributed by atoms with E-state index in [1.807, 2.05) is 12.1 Å². The van der Waals surface area contributed by atoms with Gasteiger partial charge in [-0.2, -0.15) is 0 Å². The molecule has 1 unspecified atom stereocenters. The van der Waals surface area contributed by atoms with Crippen molar-refractivity contribution >= 4 is 23.4 Å². The lowest BCUT2D eigenvalue weighted by atomic mass is 9.92. The number of methoxy groups -OCH3 is 2. The number of hydrogen-bond acceptors (Lipinski definition) is 6. The number of piperidine rings is 2. The van der Waals surface area contributed by atoms with Crippen molar-refractivity contribution in [3.8, 4) is 0 Å². The number of carbonyl (C=O) groups excluding carboxylic acids is 3. The lowest BCUT2D eigenvalue weighted by Crippen LogP contribution is -2.52. The zero-order chi connectivity index (χ0) is 21.3. The summed E-state index contributed by atoms with van der Waals surface area (Å²) in [4.78, 5) is 40.4. The van der Waals surface area contributed by atoms with E-state index in [0.717, 1.165) is 43.6 Å². The van der Waals surface area contributed by atoms with Crippen LogP contribution in [0.4, 0.5) is 5.69 Å². The zero-order valence-corrected chi connectivity index (χ0v) is 17.6. The van der Waals surface area contributed by atoms with E-state index in [2.05, 4.69) is 16.3 Å². The highest BCUT2D eigenvalue weighted by Crippen LogP contribution is 2.32. The van der Waals surface area contributed by atoms with Crippen LogP contribution in [0.2, 0.25) is 0 Å². The maximum Gasteiger partial charge on any atom is 0.255 e. The molecule has 8 heteroatoms. The minimum Gasteiger partial charge on any atom is -0.372 e. The second kappa shape index (κ2) is 8.73. The van der Waals surface area contributed by atoms with Crippen molar-refractivity contribution in [1.29, 1.82) is 0 Å². The van der Waals surface area contributed by atoms with Crippen molar-refractivity contribution in [3.05, 3.63) is 29.3 Å². The van der Waals surface area contributed by atoms with E-state index < -0.39 is 6.04 Å². The Bertz CT molecular complexity index is 830. The van der Waals surface area contributed by atoms with Gasteiger partial charge in [0.05, 0.1) is 0 Å². The van der Waals surface area contributed by atoms with E-state index >= 15 is 0 Å². The highest BCUT2D eigenvalue weighted by Gasteiger charge is 2.39. The highest BCUT2D eigenvalue weighted by atomic mass is 16.7. The number of nitrogens with zero attached hydrogens (tertiary/aromatic N) is 2. The Morgan fingerprint density at radius 1 is 1.10 bits per heavy atom. The van der Waals surface area contributed by atoms with Crippen LogP contribution in [-0.4, -0.2) is 62.3 Å². The largest absolute Gasteiger partial charge is 0.372 e. The predicted molar refractivity (Wildman–Crippen MR) is 110 cm³/mol. The van der Waals surface area contributed by atoms with Gasteiger partial charge in [-0.25, -0.2) is 0 Å². The van der Waals surface area contributed by atoms with Crippen molar-refractivity contribution < 1.29 is 23.9 Å². The summed E-state index contributed by atoms with van der Waals surface area (Å²) in [5.41, 5.74) is 2.71. The fourth-order valence-electron chi connectivity index (χ4n) is 4.75. The molecule has 30 heavy (non-hydrogen) atoms. The monoisotopic (exact) mass is 415 g/mol. The van der Waals surface area contributed by atoms with Crippen LogP contribution >= 0.6 is 0 Å². The van der Waals surface area contributed by atoms with Crippen LogP contribution < -0.4 is 10.2 Å². The van der Waals surface area contributed by atoms with Gasteiger partial charge < -0.3 is 19.3 Å². The molecule has 8 nitrogen and oxygen atoms in total. The number of rotatable bonds is 6. The van der Waals surface area contributed by atoms with Crippen LogP contribution in [0.3, 0.4) is 0 Å². The van der Waals surface area contributed by atoms with Gasteiger partial charge in [0.1, 0.15) is 6.04 Å². The van der Waals surface area contributed by atoms with Crippen molar-refractivity contribution in [3.63, 3.8) is 0 Å². The molecule has 0 aliphatic carbocycles. The summed E-state index contributed by atoms with van der Waals surface area (Å²) in [6.45, 7) is 2.32. The molecular formula is C22H29N3O5. The summed E-state index contributed by atoms with van der Waals surface area (Å²) in [6.07, 6.45) is 3.55. The van der Waals surface area contributed by atoms with Gasteiger partial charge in [-0.1, -0.05) is 0 Å². The second-order valence-corrected chi connectivity index (χ2v) is 8.31. The molecule has 0 saturated carbocycles. The first kappa shape index (κ1) is 20.8. The number of ether oxygens (including phenoxy) is 2. The number of benzene rings is 1. The Hall–Kier alpha value is -2.45. The predicted octanol–water partition coefficient (Wildman–Crippen LogP) is 1.67. The molecule has 3 amide bonds. The van der Waals surface area contributed by atoms with Gasteiger partial charge in [0.15, 0.2) is 6.29 Å². The van der Waals surface area contributed by atoms with Crippen LogP contribution in [0.25, 0.3) is 0 Å². The molecule has 0 spiro atoms. The molecule has 1 aromatic rings. The van der Waals surface area contributed by atoms with E-state index in [9.17, 15) is 14.4 Å². The minimum absolute atomic E-state index is 0.130. The van der Waals surface area contributed by atoms with Crippen molar-refractivity contribution in [2.24, 2.45) is 5.92 Å². The number of amides is 3. The average molecular weight is 415 g/mol.